The van der Waals surface area contributed by atoms with Crippen LogP contribution < -0.4 is 5.32 Å². The Bertz CT molecular complexity index is 431. The Balaban J connectivity index is 2.75. The van der Waals surface area contributed by atoms with Gasteiger partial charge in [0.1, 0.15) is 0 Å². The summed E-state index contributed by atoms with van der Waals surface area (Å²) in [5.41, 5.74) is 0.478. The van der Waals surface area contributed by atoms with Gasteiger partial charge in [-0.2, -0.15) is 13.2 Å². The Labute approximate surface area is 114 Å². The normalized spacial score (nSPS) is 12.8. The summed E-state index contributed by atoms with van der Waals surface area (Å²) in [6, 6.07) is 5.51. The van der Waals surface area contributed by atoms with E-state index in [0.29, 0.717) is 0 Å². The lowest BCUT2D eigenvalue weighted by Crippen LogP contribution is -2.38. The molecule has 0 bridgehead atoms. The van der Waals surface area contributed by atoms with Gasteiger partial charge in [-0.1, -0.05) is 0 Å². The molecule has 1 aromatic rings. The fraction of sp³-hybridized carbons (Fsp3) is 0.462. The van der Waals surface area contributed by atoms with E-state index in [1.165, 1.54) is 31.2 Å². The first kappa shape index (κ1) is 16.3. The van der Waals surface area contributed by atoms with E-state index in [-0.39, 0.29) is 24.5 Å². The van der Waals surface area contributed by atoms with E-state index in [1.54, 1.807) is 6.92 Å². The lowest BCUT2D eigenvalue weighted by atomic mass is 10.2. The van der Waals surface area contributed by atoms with Crippen LogP contribution >= 0.6 is 0 Å². The van der Waals surface area contributed by atoms with Crippen LogP contribution in [0.3, 0.4) is 0 Å². The maximum Gasteiger partial charge on any atom is 0.433 e. The molecular weight excluding hydrogens is 275 g/mol. The van der Waals surface area contributed by atoms with Crippen LogP contribution in [0.5, 0.6) is 0 Å². The molecule has 0 aliphatic heterocycles. The second-order valence-electron chi connectivity index (χ2n) is 3.82. The van der Waals surface area contributed by atoms with Crippen LogP contribution in [-0.4, -0.2) is 31.6 Å². The van der Waals surface area contributed by atoms with Crippen molar-refractivity contribution in [2.75, 3.05) is 18.5 Å². The topological polar surface area (TPSA) is 47.6 Å². The highest BCUT2D eigenvalue weighted by molar-refractivity contribution is 5.89. The average Bonchev–Trinajstić information content (AvgIpc) is 2.38. The van der Waals surface area contributed by atoms with Crippen LogP contribution in [0.1, 0.15) is 24.2 Å². The van der Waals surface area contributed by atoms with Gasteiger partial charge in [0.2, 0.25) is 6.23 Å². The van der Waals surface area contributed by atoms with E-state index in [0.717, 1.165) is 0 Å². The van der Waals surface area contributed by atoms with Crippen molar-refractivity contribution in [3.8, 4) is 0 Å². The molecular formula is C13H16F3NO3. The van der Waals surface area contributed by atoms with Gasteiger partial charge in [-0.3, -0.25) is 0 Å². The molecule has 1 unspecified atom stereocenters. The fourth-order valence-electron chi connectivity index (χ4n) is 1.45. The van der Waals surface area contributed by atoms with Crippen molar-refractivity contribution in [3.63, 3.8) is 0 Å². The number of hydrogen-bond donors (Lipinski definition) is 1. The molecule has 7 heteroatoms. The lowest BCUT2D eigenvalue weighted by Gasteiger charge is -2.22. The van der Waals surface area contributed by atoms with Crippen LogP contribution in [0.15, 0.2) is 24.3 Å². The van der Waals surface area contributed by atoms with Gasteiger partial charge in [0.05, 0.1) is 12.2 Å². The molecule has 0 saturated carbocycles. The summed E-state index contributed by atoms with van der Waals surface area (Å²) in [6.07, 6.45) is -6.60. The van der Waals surface area contributed by atoms with E-state index in [9.17, 15) is 18.0 Å². The molecule has 0 aliphatic carbocycles. The number of benzene rings is 1. The van der Waals surface area contributed by atoms with E-state index in [1.807, 2.05) is 0 Å². The summed E-state index contributed by atoms with van der Waals surface area (Å²) in [4.78, 5) is 11.4. The first-order valence-electron chi connectivity index (χ1n) is 6.10. The number of esters is 1. The molecule has 1 N–H and O–H groups in total. The molecule has 0 aliphatic rings. The van der Waals surface area contributed by atoms with Crippen LogP contribution in [0.25, 0.3) is 0 Å². The minimum atomic E-state index is -4.52. The Morgan fingerprint density at radius 2 is 1.80 bits per heavy atom. The van der Waals surface area contributed by atoms with Crippen molar-refractivity contribution in [1.82, 2.24) is 0 Å². The molecule has 0 fully saturated rings. The van der Waals surface area contributed by atoms with Gasteiger partial charge in [-0.15, -0.1) is 0 Å². The number of alkyl halides is 3. The maximum atomic E-state index is 12.6. The highest BCUT2D eigenvalue weighted by atomic mass is 19.4. The van der Waals surface area contributed by atoms with Crippen molar-refractivity contribution in [3.05, 3.63) is 29.8 Å². The zero-order chi connectivity index (χ0) is 15.2. The summed E-state index contributed by atoms with van der Waals surface area (Å²) in [7, 11) is 0. The van der Waals surface area contributed by atoms with Crippen molar-refractivity contribution in [1.29, 1.82) is 0 Å². The highest BCUT2D eigenvalue weighted by Crippen LogP contribution is 2.24. The first-order chi connectivity index (χ1) is 9.38. The van der Waals surface area contributed by atoms with Gasteiger partial charge in [0.15, 0.2) is 0 Å². The molecule has 1 rings (SSSR count). The number of halogens is 3. The quantitative estimate of drug-likeness (QED) is 0.646. The number of hydrogen-bond acceptors (Lipinski definition) is 4. The van der Waals surface area contributed by atoms with Crippen molar-refractivity contribution < 1.29 is 27.4 Å². The first-order valence-corrected chi connectivity index (χ1v) is 6.10. The van der Waals surface area contributed by atoms with Crippen LogP contribution in [0.4, 0.5) is 18.9 Å². The third-order valence-electron chi connectivity index (χ3n) is 2.32. The molecule has 20 heavy (non-hydrogen) atoms. The molecule has 1 atom stereocenters. The third kappa shape index (κ3) is 4.73. The minimum Gasteiger partial charge on any atom is -0.462 e. The average molecular weight is 291 g/mol. The van der Waals surface area contributed by atoms with Crippen LogP contribution in [-0.2, 0) is 9.47 Å². The zero-order valence-corrected chi connectivity index (χ0v) is 11.2. The van der Waals surface area contributed by atoms with Crippen molar-refractivity contribution >= 4 is 11.7 Å². The molecule has 1 aromatic carbocycles. The molecule has 0 heterocycles. The smallest absolute Gasteiger partial charge is 0.433 e. The predicted molar refractivity (Wildman–Crippen MR) is 67.5 cm³/mol. The highest BCUT2D eigenvalue weighted by Gasteiger charge is 2.40. The second-order valence-corrected chi connectivity index (χ2v) is 3.82. The molecule has 0 saturated heterocycles. The van der Waals surface area contributed by atoms with Gasteiger partial charge >= 0.3 is 12.1 Å². The number of carbonyl (C=O) groups excluding carboxylic acids is 1. The van der Waals surface area contributed by atoms with E-state index in [2.05, 4.69) is 10.1 Å². The van der Waals surface area contributed by atoms with Gasteiger partial charge < -0.3 is 14.8 Å². The number of anilines is 1. The number of carbonyl (C=O) groups is 1. The van der Waals surface area contributed by atoms with Gasteiger partial charge in [-0.05, 0) is 38.1 Å². The summed E-state index contributed by atoms with van der Waals surface area (Å²) in [5, 5.41) is 2.22. The molecule has 0 spiro atoms. The number of nitrogens with one attached hydrogen (secondary N) is 1. The molecule has 0 radical (unpaired) electrons. The third-order valence-corrected chi connectivity index (χ3v) is 2.32. The summed E-state index contributed by atoms with van der Waals surface area (Å²) < 4.78 is 47.3. The molecule has 4 nitrogen and oxygen atoms in total. The molecule has 0 amide bonds. The maximum absolute atomic E-state index is 12.6. The standard InChI is InChI=1S/C13H16F3NO3/c1-3-19-11(18)9-5-7-10(8-6-9)17-12(20-4-2)13(14,15)16/h5-8,12,17H,3-4H2,1-2H3. The van der Waals surface area contributed by atoms with Gasteiger partial charge in [0.25, 0.3) is 0 Å². The summed E-state index contributed by atoms with van der Waals surface area (Å²) in [5.74, 6) is -0.517. The van der Waals surface area contributed by atoms with Crippen molar-refractivity contribution in [2.45, 2.75) is 26.3 Å². The second kappa shape index (κ2) is 7.14. The predicted octanol–water partition coefficient (Wildman–Crippen LogP) is 3.20. The Morgan fingerprint density at radius 3 is 2.25 bits per heavy atom. The largest absolute Gasteiger partial charge is 0.462 e. The SMILES string of the molecule is CCOC(=O)c1ccc(NC(OCC)C(F)(F)F)cc1. The summed E-state index contributed by atoms with van der Waals surface area (Å²) >= 11 is 0. The Hall–Kier alpha value is -1.76. The lowest BCUT2D eigenvalue weighted by molar-refractivity contribution is -0.209. The number of ether oxygens (including phenoxy) is 2. The molecule has 112 valence electrons. The minimum absolute atomic E-state index is 0.0713. The van der Waals surface area contributed by atoms with E-state index in [4.69, 9.17) is 4.74 Å². The van der Waals surface area contributed by atoms with E-state index < -0.39 is 18.4 Å². The summed E-state index contributed by atoms with van der Waals surface area (Å²) in [6.45, 7) is 3.31. The van der Waals surface area contributed by atoms with E-state index >= 15 is 0 Å². The Kier molecular flexibility index (Phi) is 5.82. The zero-order valence-electron chi connectivity index (χ0n) is 11.2. The van der Waals surface area contributed by atoms with Gasteiger partial charge in [-0.25, -0.2) is 4.79 Å². The monoisotopic (exact) mass is 291 g/mol. The van der Waals surface area contributed by atoms with Crippen molar-refractivity contribution in [2.24, 2.45) is 0 Å². The Morgan fingerprint density at radius 1 is 1.20 bits per heavy atom. The van der Waals surface area contributed by atoms with Gasteiger partial charge in [0, 0.05) is 12.3 Å². The van der Waals surface area contributed by atoms with Crippen LogP contribution in [0.2, 0.25) is 0 Å². The fourth-order valence-corrected chi connectivity index (χ4v) is 1.45. The number of rotatable bonds is 6. The molecule has 0 aromatic heterocycles. The van der Waals surface area contributed by atoms with Crippen LogP contribution in [0, 0.1) is 0 Å².